The van der Waals surface area contributed by atoms with Crippen molar-refractivity contribution >= 4 is 5.91 Å². The average Bonchev–Trinajstić information content (AvgIpc) is 3.28. The minimum absolute atomic E-state index is 0.0920. The Labute approximate surface area is 156 Å². The first-order valence-electron chi connectivity index (χ1n) is 10.4. The molecule has 0 unspecified atom stereocenters. The van der Waals surface area contributed by atoms with Crippen LogP contribution in [0.5, 0.6) is 0 Å². The Bertz CT molecular complexity index is 627. The maximum atomic E-state index is 13.3. The van der Waals surface area contributed by atoms with Crippen LogP contribution in [-0.2, 0) is 17.6 Å². The van der Waals surface area contributed by atoms with E-state index in [1.54, 1.807) is 7.11 Å². The zero-order valence-electron chi connectivity index (χ0n) is 16.0. The molecule has 2 fully saturated rings. The molecule has 1 N–H and O–H groups in total. The summed E-state index contributed by atoms with van der Waals surface area (Å²) in [4.78, 5) is 18.0. The van der Waals surface area contributed by atoms with Gasteiger partial charge in [-0.15, -0.1) is 0 Å². The highest BCUT2D eigenvalue weighted by molar-refractivity contribution is 5.94. The van der Waals surface area contributed by atoms with Crippen LogP contribution in [0.25, 0.3) is 0 Å². The van der Waals surface area contributed by atoms with Gasteiger partial charge in [0.2, 0.25) is 0 Å². The van der Waals surface area contributed by atoms with Gasteiger partial charge in [0.1, 0.15) is 0 Å². The summed E-state index contributed by atoms with van der Waals surface area (Å²) in [5, 5.41) is 7.46. The second-order valence-electron chi connectivity index (χ2n) is 8.13. The number of carbonyl (C=O) groups excluding carboxylic acids is 1. The fraction of sp³-hybridized carbons (Fsp3) is 0.800. The van der Waals surface area contributed by atoms with Crippen molar-refractivity contribution in [1.29, 1.82) is 0 Å². The highest BCUT2D eigenvalue weighted by Crippen LogP contribution is 2.32. The van der Waals surface area contributed by atoms with Crippen LogP contribution in [-0.4, -0.2) is 71.8 Å². The average molecular weight is 361 g/mol. The number of aryl methyl sites for hydroxylation is 1. The summed E-state index contributed by atoms with van der Waals surface area (Å²) < 4.78 is 5.30. The zero-order chi connectivity index (χ0) is 17.9. The molecule has 6 nitrogen and oxygen atoms in total. The number of aromatic amines is 1. The topological polar surface area (TPSA) is 61.5 Å². The van der Waals surface area contributed by atoms with Crippen LogP contribution < -0.4 is 0 Å². The maximum absolute atomic E-state index is 13.3. The SMILES string of the molecule is COCCN(C[C@H]1CCCN2CCCC[C@H]12)C(=O)c1n[nH]c2c1CCC2. The van der Waals surface area contributed by atoms with Gasteiger partial charge in [0, 0.05) is 37.5 Å². The van der Waals surface area contributed by atoms with E-state index in [1.807, 2.05) is 4.90 Å². The standard InChI is InChI=1S/C20H32N4O2/c1-26-13-12-24(20(25)19-16-7-4-8-17(16)21-22-19)14-15-6-5-11-23-10-3-2-9-18(15)23/h15,18H,2-14H2,1H3,(H,21,22)/t15-,18-/m1/s1. The Kier molecular flexibility index (Phi) is 5.60. The van der Waals surface area contributed by atoms with E-state index in [0.29, 0.717) is 30.8 Å². The van der Waals surface area contributed by atoms with Gasteiger partial charge in [0.05, 0.1) is 6.61 Å². The van der Waals surface area contributed by atoms with Gasteiger partial charge in [-0.3, -0.25) is 9.89 Å². The number of fused-ring (bicyclic) bond motifs is 2. The van der Waals surface area contributed by atoms with E-state index in [9.17, 15) is 4.79 Å². The van der Waals surface area contributed by atoms with E-state index < -0.39 is 0 Å². The van der Waals surface area contributed by atoms with Crippen LogP contribution in [0.1, 0.15) is 60.3 Å². The Morgan fingerprint density at radius 1 is 1.23 bits per heavy atom. The van der Waals surface area contributed by atoms with Gasteiger partial charge in [-0.05, 0) is 64.0 Å². The molecule has 2 atom stereocenters. The van der Waals surface area contributed by atoms with Crippen LogP contribution >= 0.6 is 0 Å². The summed E-state index contributed by atoms with van der Waals surface area (Å²) in [6.07, 6.45) is 9.56. The maximum Gasteiger partial charge on any atom is 0.274 e. The van der Waals surface area contributed by atoms with Crippen molar-refractivity contribution in [2.75, 3.05) is 39.9 Å². The summed E-state index contributed by atoms with van der Waals surface area (Å²) >= 11 is 0. The summed E-state index contributed by atoms with van der Waals surface area (Å²) in [5.74, 6) is 0.672. The number of piperidine rings is 2. The summed E-state index contributed by atoms with van der Waals surface area (Å²) in [6.45, 7) is 4.55. The number of amides is 1. The number of hydrogen-bond donors (Lipinski definition) is 1. The lowest BCUT2D eigenvalue weighted by Crippen LogP contribution is -2.52. The number of nitrogens with one attached hydrogen (secondary N) is 1. The number of rotatable bonds is 6. The number of nitrogens with zero attached hydrogens (tertiary/aromatic N) is 3. The van der Waals surface area contributed by atoms with Gasteiger partial charge in [0.15, 0.2) is 5.69 Å². The molecule has 4 rings (SSSR count). The van der Waals surface area contributed by atoms with Gasteiger partial charge in [-0.1, -0.05) is 6.42 Å². The number of methoxy groups -OCH3 is 1. The molecule has 2 aliphatic heterocycles. The molecule has 1 aromatic rings. The second kappa shape index (κ2) is 8.09. The van der Waals surface area contributed by atoms with Gasteiger partial charge >= 0.3 is 0 Å². The molecule has 2 saturated heterocycles. The van der Waals surface area contributed by atoms with Crippen LogP contribution in [0.15, 0.2) is 0 Å². The molecule has 3 aliphatic rings. The van der Waals surface area contributed by atoms with Crippen LogP contribution in [0.4, 0.5) is 0 Å². The highest BCUT2D eigenvalue weighted by Gasteiger charge is 2.35. The fourth-order valence-corrected chi connectivity index (χ4v) is 5.20. The largest absolute Gasteiger partial charge is 0.383 e. The van der Waals surface area contributed by atoms with Crippen molar-refractivity contribution < 1.29 is 9.53 Å². The predicted molar refractivity (Wildman–Crippen MR) is 100 cm³/mol. The third-order valence-electron chi connectivity index (χ3n) is 6.54. The normalized spacial score (nSPS) is 25.7. The number of hydrogen-bond acceptors (Lipinski definition) is 4. The number of aromatic nitrogens is 2. The number of ether oxygens (including phenoxy) is 1. The Hall–Kier alpha value is -1.40. The molecule has 1 aromatic heterocycles. The van der Waals surface area contributed by atoms with E-state index in [1.165, 1.54) is 45.2 Å². The molecule has 0 aromatic carbocycles. The lowest BCUT2D eigenvalue weighted by atomic mass is 9.83. The summed E-state index contributed by atoms with van der Waals surface area (Å²) in [7, 11) is 1.71. The van der Waals surface area contributed by atoms with Crippen molar-refractivity contribution in [1.82, 2.24) is 20.0 Å². The molecule has 1 aliphatic carbocycles. The molecule has 26 heavy (non-hydrogen) atoms. The van der Waals surface area contributed by atoms with Crippen LogP contribution in [0, 0.1) is 5.92 Å². The minimum atomic E-state index is 0.0920. The lowest BCUT2D eigenvalue weighted by molar-refractivity contribution is 0.0312. The third kappa shape index (κ3) is 3.54. The minimum Gasteiger partial charge on any atom is -0.383 e. The molecule has 6 heteroatoms. The van der Waals surface area contributed by atoms with E-state index >= 15 is 0 Å². The zero-order valence-corrected chi connectivity index (χ0v) is 16.0. The molecular formula is C20H32N4O2. The molecule has 0 spiro atoms. The highest BCUT2D eigenvalue weighted by atomic mass is 16.5. The molecule has 0 radical (unpaired) electrons. The van der Waals surface area contributed by atoms with Crippen LogP contribution in [0.2, 0.25) is 0 Å². The third-order valence-corrected chi connectivity index (χ3v) is 6.54. The van der Waals surface area contributed by atoms with Crippen molar-refractivity contribution in [3.05, 3.63) is 17.0 Å². The Balaban J connectivity index is 1.49. The predicted octanol–water partition coefficient (Wildman–Crippen LogP) is 2.25. The van der Waals surface area contributed by atoms with E-state index in [-0.39, 0.29) is 5.91 Å². The molecule has 0 saturated carbocycles. The fourth-order valence-electron chi connectivity index (χ4n) is 5.20. The molecule has 1 amide bonds. The lowest BCUT2D eigenvalue weighted by Gasteiger charge is -2.45. The van der Waals surface area contributed by atoms with Gasteiger partial charge < -0.3 is 14.5 Å². The summed E-state index contributed by atoms with van der Waals surface area (Å²) in [6, 6.07) is 0.653. The van der Waals surface area contributed by atoms with Crippen molar-refractivity contribution in [2.24, 2.45) is 5.92 Å². The van der Waals surface area contributed by atoms with Gasteiger partial charge in [0.25, 0.3) is 5.91 Å². The van der Waals surface area contributed by atoms with Crippen molar-refractivity contribution in [3.63, 3.8) is 0 Å². The smallest absolute Gasteiger partial charge is 0.274 e. The first-order chi connectivity index (χ1) is 12.8. The first-order valence-corrected chi connectivity index (χ1v) is 10.4. The van der Waals surface area contributed by atoms with E-state index in [0.717, 1.165) is 37.1 Å². The Morgan fingerprint density at radius 3 is 3.00 bits per heavy atom. The van der Waals surface area contributed by atoms with Gasteiger partial charge in [-0.2, -0.15) is 5.10 Å². The molecule has 144 valence electrons. The quantitative estimate of drug-likeness (QED) is 0.845. The monoisotopic (exact) mass is 360 g/mol. The molecular weight excluding hydrogens is 328 g/mol. The van der Waals surface area contributed by atoms with E-state index in [2.05, 4.69) is 15.1 Å². The summed E-state index contributed by atoms with van der Waals surface area (Å²) in [5.41, 5.74) is 2.97. The first kappa shape index (κ1) is 18.0. The van der Waals surface area contributed by atoms with Gasteiger partial charge in [-0.25, -0.2) is 0 Å². The van der Waals surface area contributed by atoms with Crippen molar-refractivity contribution in [2.45, 2.75) is 57.4 Å². The number of carbonyl (C=O) groups is 1. The number of H-pyrrole nitrogens is 1. The van der Waals surface area contributed by atoms with Crippen LogP contribution in [0.3, 0.4) is 0 Å². The van der Waals surface area contributed by atoms with Crippen molar-refractivity contribution in [3.8, 4) is 0 Å². The van der Waals surface area contributed by atoms with E-state index in [4.69, 9.17) is 4.74 Å². The second-order valence-corrected chi connectivity index (χ2v) is 8.13. The molecule has 0 bridgehead atoms. The molecule has 3 heterocycles. The Morgan fingerprint density at radius 2 is 2.12 bits per heavy atom.